The van der Waals surface area contributed by atoms with Crippen LogP contribution >= 0.6 is 0 Å². The first kappa shape index (κ1) is 32.8. The predicted molar refractivity (Wildman–Crippen MR) is 209 cm³/mol. The summed E-state index contributed by atoms with van der Waals surface area (Å²) in [6.45, 7) is 4.58. The van der Waals surface area contributed by atoms with Crippen LogP contribution in [0.15, 0.2) is 81.6 Å². The van der Waals surface area contributed by atoms with Crippen LogP contribution in [-0.2, 0) is 12.8 Å². The number of hydrogen-bond donors (Lipinski definition) is 0. The lowest BCUT2D eigenvalue weighted by molar-refractivity contribution is 0.575. The van der Waals surface area contributed by atoms with E-state index in [4.69, 9.17) is 8.83 Å². The van der Waals surface area contributed by atoms with Crippen LogP contribution in [0.2, 0.25) is 0 Å². The molecule has 48 heavy (non-hydrogen) atoms. The Bertz CT molecular complexity index is 1970. The van der Waals surface area contributed by atoms with Gasteiger partial charge in [0.2, 0.25) is 0 Å². The molecule has 5 aromatic carbocycles. The van der Waals surface area contributed by atoms with Crippen molar-refractivity contribution in [3.8, 4) is 0 Å². The summed E-state index contributed by atoms with van der Waals surface area (Å²) in [6, 6.07) is 27.4. The van der Waals surface area contributed by atoms with Crippen LogP contribution in [0, 0.1) is 0 Å². The molecule has 7 aromatic rings. The zero-order chi connectivity index (χ0) is 32.7. The minimum Gasteiger partial charge on any atom is -0.456 e. The molecule has 0 unspecified atom stereocenters. The van der Waals surface area contributed by atoms with E-state index in [9.17, 15) is 0 Å². The van der Waals surface area contributed by atoms with Gasteiger partial charge in [-0.05, 0) is 94.8 Å². The summed E-state index contributed by atoms with van der Waals surface area (Å²) < 4.78 is 13.0. The van der Waals surface area contributed by atoms with Crippen molar-refractivity contribution in [2.45, 2.75) is 129 Å². The lowest BCUT2D eigenvalue weighted by Crippen LogP contribution is -1.87. The average molecular weight is 639 g/mol. The number of hydrogen-bond acceptors (Lipinski definition) is 2. The van der Waals surface area contributed by atoms with E-state index >= 15 is 0 Å². The van der Waals surface area contributed by atoms with Gasteiger partial charge in [-0.1, -0.05) is 140 Å². The molecule has 0 amide bonds. The van der Waals surface area contributed by atoms with E-state index in [0.29, 0.717) is 0 Å². The maximum atomic E-state index is 6.50. The van der Waals surface area contributed by atoms with E-state index in [1.165, 1.54) is 146 Å². The first-order valence-electron chi connectivity index (χ1n) is 19.4. The number of rotatable bonds is 18. The second-order valence-electron chi connectivity index (χ2n) is 14.6. The number of furan rings is 2. The van der Waals surface area contributed by atoms with Gasteiger partial charge in [-0.2, -0.15) is 0 Å². The molecule has 7 rings (SSSR count). The normalized spacial score (nSPS) is 12.2. The highest BCUT2D eigenvalue weighted by Crippen LogP contribution is 2.39. The molecule has 0 bridgehead atoms. The van der Waals surface area contributed by atoms with Crippen LogP contribution in [0.3, 0.4) is 0 Å². The second kappa shape index (κ2) is 15.6. The maximum Gasteiger partial charge on any atom is 0.136 e. The molecule has 0 aliphatic carbocycles. The highest BCUT2D eigenvalue weighted by molar-refractivity contribution is 6.18. The summed E-state index contributed by atoms with van der Waals surface area (Å²) >= 11 is 0. The average Bonchev–Trinajstić information content (AvgIpc) is 3.63. The highest BCUT2D eigenvalue weighted by atomic mass is 16.3. The van der Waals surface area contributed by atoms with Crippen molar-refractivity contribution in [2.75, 3.05) is 0 Å². The SMILES string of the molecule is CCCCCCCCCCc1ccc2cc3oc4cc5c(cc4c3cc2c1)oc1cc2ccc(CCCCCCCCCC)cc2cc15. The molecule has 0 radical (unpaired) electrons. The molecule has 2 heteroatoms. The molecule has 2 heterocycles. The summed E-state index contributed by atoms with van der Waals surface area (Å²) in [5, 5.41) is 9.66. The Morgan fingerprint density at radius 2 is 0.688 bits per heavy atom. The first-order valence-corrected chi connectivity index (χ1v) is 19.4. The zero-order valence-electron chi connectivity index (χ0n) is 29.5. The molecule has 0 atom stereocenters. The molecule has 250 valence electrons. The summed E-state index contributed by atoms with van der Waals surface area (Å²) in [5.74, 6) is 0. The quantitative estimate of drug-likeness (QED) is 0.0874. The fourth-order valence-electron chi connectivity index (χ4n) is 7.87. The summed E-state index contributed by atoms with van der Waals surface area (Å²) in [5.41, 5.74) is 6.63. The summed E-state index contributed by atoms with van der Waals surface area (Å²) in [6.07, 6.45) is 24.1. The van der Waals surface area contributed by atoms with Crippen molar-refractivity contribution in [1.29, 1.82) is 0 Å². The van der Waals surface area contributed by atoms with E-state index in [2.05, 4.69) is 86.6 Å². The van der Waals surface area contributed by atoms with Crippen LogP contribution < -0.4 is 0 Å². The molecule has 0 fully saturated rings. The van der Waals surface area contributed by atoms with E-state index in [0.717, 1.165) is 45.9 Å². The minimum atomic E-state index is 0.929. The number of aryl methyl sites for hydroxylation is 2. The fourth-order valence-corrected chi connectivity index (χ4v) is 7.87. The fraction of sp³-hybridized carbons (Fsp3) is 0.435. The number of fused-ring (bicyclic) bond motifs is 8. The highest BCUT2D eigenvalue weighted by Gasteiger charge is 2.15. The lowest BCUT2D eigenvalue weighted by atomic mass is 9.99. The maximum absolute atomic E-state index is 6.50. The zero-order valence-corrected chi connectivity index (χ0v) is 29.5. The Morgan fingerprint density at radius 3 is 1.10 bits per heavy atom. The van der Waals surface area contributed by atoms with Crippen LogP contribution in [0.25, 0.3) is 65.4 Å². The Kier molecular flexibility index (Phi) is 10.7. The summed E-state index contributed by atoms with van der Waals surface area (Å²) in [4.78, 5) is 0. The largest absolute Gasteiger partial charge is 0.456 e. The van der Waals surface area contributed by atoms with Gasteiger partial charge >= 0.3 is 0 Å². The molecular weight excluding hydrogens is 585 g/mol. The lowest BCUT2D eigenvalue weighted by Gasteiger charge is -2.05. The van der Waals surface area contributed by atoms with Gasteiger partial charge in [-0.15, -0.1) is 0 Å². The molecule has 0 saturated heterocycles. The van der Waals surface area contributed by atoms with Gasteiger partial charge in [0, 0.05) is 21.5 Å². The molecule has 0 aliphatic rings. The Hall–Kier alpha value is -3.78. The van der Waals surface area contributed by atoms with Gasteiger partial charge < -0.3 is 8.83 Å². The van der Waals surface area contributed by atoms with Crippen LogP contribution in [0.1, 0.15) is 128 Å². The van der Waals surface area contributed by atoms with E-state index in [1.807, 2.05) is 0 Å². The van der Waals surface area contributed by atoms with Crippen molar-refractivity contribution in [3.05, 3.63) is 83.9 Å². The molecule has 0 aliphatic heterocycles. The van der Waals surface area contributed by atoms with Gasteiger partial charge in [-0.3, -0.25) is 0 Å². The standard InChI is InChI=1S/C46H54O2/c1-3-5-7-9-11-13-15-17-19-33-21-23-35-29-43-39(27-37(35)25-33)41-31-46-42(32-45(41)47-43)40-28-38-26-34(22-24-36(38)30-44(40)48-46)20-18-16-14-12-10-8-6-4-2/h21-32H,3-20H2,1-2H3. The smallest absolute Gasteiger partial charge is 0.136 e. The molecular formula is C46H54O2. The van der Waals surface area contributed by atoms with Crippen molar-refractivity contribution in [1.82, 2.24) is 0 Å². The van der Waals surface area contributed by atoms with E-state index < -0.39 is 0 Å². The van der Waals surface area contributed by atoms with Gasteiger partial charge in [0.15, 0.2) is 0 Å². The third-order valence-electron chi connectivity index (χ3n) is 10.7. The van der Waals surface area contributed by atoms with Gasteiger partial charge in [0.25, 0.3) is 0 Å². The van der Waals surface area contributed by atoms with Crippen LogP contribution in [0.5, 0.6) is 0 Å². The Labute approximate surface area is 286 Å². The van der Waals surface area contributed by atoms with Crippen LogP contribution in [-0.4, -0.2) is 0 Å². The van der Waals surface area contributed by atoms with E-state index in [-0.39, 0.29) is 0 Å². The van der Waals surface area contributed by atoms with Crippen molar-refractivity contribution >= 4 is 65.4 Å². The number of unbranched alkanes of at least 4 members (excludes halogenated alkanes) is 14. The van der Waals surface area contributed by atoms with Crippen molar-refractivity contribution < 1.29 is 8.83 Å². The van der Waals surface area contributed by atoms with Gasteiger partial charge in [-0.25, -0.2) is 0 Å². The number of benzene rings is 5. The molecule has 2 nitrogen and oxygen atoms in total. The third-order valence-corrected chi connectivity index (χ3v) is 10.7. The molecule has 0 N–H and O–H groups in total. The first-order chi connectivity index (χ1) is 23.7. The Morgan fingerprint density at radius 1 is 0.333 bits per heavy atom. The van der Waals surface area contributed by atoms with Gasteiger partial charge in [0.1, 0.15) is 22.3 Å². The molecule has 2 aromatic heterocycles. The monoisotopic (exact) mass is 638 g/mol. The van der Waals surface area contributed by atoms with Crippen LogP contribution in [0.4, 0.5) is 0 Å². The minimum absolute atomic E-state index is 0.929. The second-order valence-corrected chi connectivity index (χ2v) is 14.6. The van der Waals surface area contributed by atoms with Gasteiger partial charge in [0.05, 0.1) is 0 Å². The summed E-state index contributed by atoms with van der Waals surface area (Å²) in [7, 11) is 0. The molecule has 0 spiro atoms. The van der Waals surface area contributed by atoms with Crippen molar-refractivity contribution in [3.63, 3.8) is 0 Å². The van der Waals surface area contributed by atoms with Crippen molar-refractivity contribution in [2.24, 2.45) is 0 Å². The molecule has 0 saturated carbocycles. The third kappa shape index (κ3) is 7.44. The Balaban J connectivity index is 1.08. The van der Waals surface area contributed by atoms with E-state index in [1.54, 1.807) is 0 Å². The topological polar surface area (TPSA) is 26.3 Å². The predicted octanol–water partition coefficient (Wildman–Crippen LogP) is 15.2.